The predicted molar refractivity (Wildman–Crippen MR) is 136 cm³/mol. The maximum atomic E-state index is 13.3. The third-order valence-corrected chi connectivity index (χ3v) is 6.44. The van der Waals surface area contributed by atoms with E-state index in [2.05, 4.69) is 52.9 Å². The van der Waals surface area contributed by atoms with E-state index in [-0.39, 0.29) is 12.1 Å². The van der Waals surface area contributed by atoms with Gasteiger partial charge in [0.05, 0.1) is 10.0 Å². The summed E-state index contributed by atoms with van der Waals surface area (Å²) in [6, 6.07) is 11.5. The Labute approximate surface area is 208 Å². The first-order valence-electron chi connectivity index (χ1n) is 11.1. The van der Waals surface area contributed by atoms with Crippen molar-refractivity contribution in [3.05, 3.63) is 82.1 Å². The van der Waals surface area contributed by atoms with Gasteiger partial charge in [0.25, 0.3) is 0 Å². The minimum Gasteiger partial charge on any atom is -0.365 e. The molecule has 0 bridgehead atoms. The molecule has 0 amide bonds. The summed E-state index contributed by atoms with van der Waals surface area (Å²) in [6.07, 6.45) is 2.34. The molecule has 0 radical (unpaired) electrons. The zero-order valence-corrected chi connectivity index (χ0v) is 20.1. The lowest BCUT2D eigenvalue weighted by atomic mass is 9.99. The number of hydrogen-bond acceptors (Lipinski definition) is 5. The highest BCUT2D eigenvalue weighted by atomic mass is 79.9. The summed E-state index contributed by atoms with van der Waals surface area (Å²) >= 11 is 3.38. The minimum atomic E-state index is -4.42. The van der Waals surface area contributed by atoms with Gasteiger partial charge in [0.2, 0.25) is 5.95 Å². The van der Waals surface area contributed by atoms with Gasteiger partial charge in [0.1, 0.15) is 5.82 Å². The molecule has 1 aliphatic rings. The van der Waals surface area contributed by atoms with Gasteiger partial charge in [-0.3, -0.25) is 0 Å². The van der Waals surface area contributed by atoms with E-state index in [0.717, 1.165) is 42.2 Å². The van der Waals surface area contributed by atoms with Crippen LogP contribution in [0.4, 0.5) is 30.6 Å². The molecule has 4 aromatic rings. The number of H-pyrrole nitrogens is 1. The summed E-state index contributed by atoms with van der Waals surface area (Å²) in [5.74, 6) is 0.722. The fourth-order valence-electron chi connectivity index (χ4n) is 4.14. The van der Waals surface area contributed by atoms with Crippen molar-refractivity contribution in [2.24, 2.45) is 0 Å². The second-order valence-corrected chi connectivity index (χ2v) is 9.02. The standard InChI is InChI=1S/C25H22BrF3N6/c26-21-14-33-24(35-23(21)32-12-16-3-1-2-4-20(16)25(27,28)29)34-17-5-6-22-18(11-17)19(13-31-22)15-7-9-30-10-8-15/h1-7,11,13-14,30-31H,8-10,12H2,(H2,32,33,34,35). The molecular weight excluding hydrogens is 521 g/mol. The Morgan fingerprint density at radius 2 is 1.97 bits per heavy atom. The highest BCUT2D eigenvalue weighted by Crippen LogP contribution is 2.33. The number of benzene rings is 2. The van der Waals surface area contributed by atoms with Crippen LogP contribution in [0.2, 0.25) is 0 Å². The molecule has 0 fully saturated rings. The molecule has 3 heterocycles. The van der Waals surface area contributed by atoms with Crippen molar-refractivity contribution in [1.29, 1.82) is 0 Å². The molecule has 0 saturated heterocycles. The molecule has 5 rings (SSSR count). The highest BCUT2D eigenvalue weighted by molar-refractivity contribution is 9.10. The Morgan fingerprint density at radius 1 is 1.11 bits per heavy atom. The summed E-state index contributed by atoms with van der Waals surface area (Å²) in [4.78, 5) is 12.1. The first kappa shape index (κ1) is 23.4. The SMILES string of the molecule is FC(F)(F)c1ccccc1CNc1nc(Nc2ccc3[nH]cc(C4=CCNCC4)c3c2)ncc1Br. The fourth-order valence-corrected chi connectivity index (χ4v) is 4.47. The van der Waals surface area contributed by atoms with Crippen molar-refractivity contribution in [2.75, 3.05) is 23.7 Å². The molecule has 0 unspecified atom stereocenters. The molecule has 0 spiro atoms. The Hall–Kier alpha value is -3.37. The van der Waals surface area contributed by atoms with Crippen molar-refractivity contribution in [1.82, 2.24) is 20.3 Å². The smallest absolute Gasteiger partial charge is 0.365 e. The largest absolute Gasteiger partial charge is 0.416 e. The number of aromatic amines is 1. The third kappa shape index (κ3) is 5.18. The van der Waals surface area contributed by atoms with Crippen LogP contribution in [0.15, 0.2) is 65.4 Å². The molecule has 6 nitrogen and oxygen atoms in total. The molecule has 0 saturated carbocycles. The quantitative estimate of drug-likeness (QED) is 0.224. The van der Waals surface area contributed by atoms with Crippen LogP contribution < -0.4 is 16.0 Å². The monoisotopic (exact) mass is 542 g/mol. The van der Waals surface area contributed by atoms with Gasteiger partial charge in [-0.05, 0) is 64.3 Å². The van der Waals surface area contributed by atoms with Crippen LogP contribution in [0.25, 0.3) is 16.5 Å². The summed E-state index contributed by atoms with van der Waals surface area (Å²) in [5, 5.41) is 10.6. The number of nitrogens with one attached hydrogen (secondary N) is 4. The van der Waals surface area contributed by atoms with E-state index < -0.39 is 11.7 Å². The van der Waals surface area contributed by atoms with Gasteiger partial charge >= 0.3 is 6.18 Å². The molecular formula is C25H22BrF3N6. The van der Waals surface area contributed by atoms with Gasteiger partial charge in [-0.1, -0.05) is 24.3 Å². The van der Waals surface area contributed by atoms with Crippen molar-refractivity contribution >= 4 is 49.9 Å². The van der Waals surface area contributed by atoms with Crippen molar-refractivity contribution in [3.63, 3.8) is 0 Å². The molecule has 0 aliphatic carbocycles. The van der Waals surface area contributed by atoms with Crippen LogP contribution in [-0.2, 0) is 12.7 Å². The van der Waals surface area contributed by atoms with E-state index in [4.69, 9.17) is 0 Å². The fraction of sp³-hybridized carbons (Fsp3) is 0.200. The number of rotatable bonds is 6. The lowest BCUT2D eigenvalue weighted by Gasteiger charge is -2.15. The molecule has 2 aromatic carbocycles. The first-order valence-corrected chi connectivity index (χ1v) is 11.9. The van der Waals surface area contributed by atoms with Crippen LogP contribution in [-0.4, -0.2) is 28.0 Å². The average molecular weight is 543 g/mol. The molecule has 1 aliphatic heterocycles. The number of aromatic nitrogens is 3. The summed E-state index contributed by atoms with van der Waals surface area (Å²) in [5.41, 5.74) is 3.79. The Kier molecular flexibility index (Phi) is 6.48. The van der Waals surface area contributed by atoms with Gasteiger partial charge in [0.15, 0.2) is 0 Å². The second-order valence-electron chi connectivity index (χ2n) is 8.17. The minimum absolute atomic E-state index is 0.0344. The van der Waals surface area contributed by atoms with Gasteiger partial charge < -0.3 is 20.9 Å². The second kappa shape index (κ2) is 9.71. The number of alkyl halides is 3. The van der Waals surface area contributed by atoms with Crippen molar-refractivity contribution in [3.8, 4) is 0 Å². The van der Waals surface area contributed by atoms with Crippen LogP contribution >= 0.6 is 15.9 Å². The zero-order chi connectivity index (χ0) is 24.4. The predicted octanol–water partition coefficient (Wildman–Crippen LogP) is 6.47. The highest BCUT2D eigenvalue weighted by Gasteiger charge is 2.32. The lowest BCUT2D eigenvalue weighted by Crippen LogP contribution is -2.19. The molecule has 180 valence electrons. The first-order chi connectivity index (χ1) is 16.9. The molecule has 35 heavy (non-hydrogen) atoms. The average Bonchev–Trinajstić information content (AvgIpc) is 3.28. The number of anilines is 3. The van der Waals surface area contributed by atoms with Gasteiger partial charge in [0, 0.05) is 47.6 Å². The topological polar surface area (TPSA) is 77.7 Å². The molecule has 10 heteroatoms. The Morgan fingerprint density at radius 3 is 2.77 bits per heavy atom. The maximum absolute atomic E-state index is 13.3. The van der Waals surface area contributed by atoms with Crippen LogP contribution in [0.5, 0.6) is 0 Å². The van der Waals surface area contributed by atoms with Crippen molar-refractivity contribution in [2.45, 2.75) is 19.1 Å². The van der Waals surface area contributed by atoms with E-state index in [0.29, 0.717) is 16.2 Å². The number of fused-ring (bicyclic) bond motifs is 1. The van der Waals surface area contributed by atoms with Crippen LogP contribution in [0.3, 0.4) is 0 Å². The molecule has 2 aromatic heterocycles. The Balaban J connectivity index is 1.36. The lowest BCUT2D eigenvalue weighted by molar-refractivity contribution is -0.138. The summed E-state index contributed by atoms with van der Waals surface area (Å²) < 4.78 is 40.5. The van der Waals surface area contributed by atoms with E-state index in [9.17, 15) is 13.2 Å². The number of nitrogens with zero attached hydrogens (tertiary/aromatic N) is 2. The number of hydrogen-bond donors (Lipinski definition) is 4. The Bertz CT molecular complexity index is 1400. The molecule has 4 N–H and O–H groups in total. The van der Waals surface area contributed by atoms with Gasteiger partial charge in [-0.25, -0.2) is 4.98 Å². The number of halogens is 4. The van der Waals surface area contributed by atoms with E-state index in [1.807, 2.05) is 24.4 Å². The van der Waals surface area contributed by atoms with Gasteiger partial charge in [-0.2, -0.15) is 18.2 Å². The zero-order valence-electron chi connectivity index (χ0n) is 18.5. The van der Waals surface area contributed by atoms with Crippen molar-refractivity contribution < 1.29 is 13.2 Å². The van der Waals surface area contributed by atoms with E-state index in [1.54, 1.807) is 12.3 Å². The summed E-state index contributed by atoms with van der Waals surface area (Å²) in [7, 11) is 0. The van der Waals surface area contributed by atoms with E-state index >= 15 is 0 Å². The van der Waals surface area contributed by atoms with Gasteiger partial charge in [-0.15, -0.1) is 0 Å². The van der Waals surface area contributed by atoms with E-state index in [1.165, 1.54) is 23.3 Å². The third-order valence-electron chi connectivity index (χ3n) is 5.86. The van der Waals surface area contributed by atoms with Crippen LogP contribution in [0.1, 0.15) is 23.1 Å². The normalized spacial score (nSPS) is 14.1. The van der Waals surface area contributed by atoms with Crippen LogP contribution in [0, 0.1) is 0 Å². The summed E-state index contributed by atoms with van der Waals surface area (Å²) in [6.45, 7) is 1.77. The molecule has 0 atom stereocenters. The maximum Gasteiger partial charge on any atom is 0.416 e.